The van der Waals surface area contributed by atoms with Gasteiger partial charge in [0.1, 0.15) is 5.75 Å². The van der Waals surface area contributed by atoms with E-state index in [4.69, 9.17) is 28.3 Å². The molecule has 2 aromatic carbocycles. The predicted molar refractivity (Wildman–Crippen MR) is 81.0 cm³/mol. The minimum atomic E-state index is 0.0442. The maximum absolute atomic E-state index is 9.83. The van der Waals surface area contributed by atoms with Crippen molar-refractivity contribution >= 4 is 23.2 Å². The second kappa shape index (κ2) is 6.95. The van der Waals surface area contributed by atoms with Crippen molar-refractivity contribution in [3.05, 3.63) is 63.1 Å². The molecular weight excluding hydrogens is 297 g/mol. The number of aliphatic hydroxyl groups is 1. The Bertz CT molecular complexity index is 585. The zero-order valence-electron chi connectivity index (χ0n) is 10.7. The van der Waals surface area contributed by atoms with E-state index < -0.39 is 0 Å². The predicted octanol–water partition coefficient (Wildman–Crippen LogP) is 3.48. The molecule has 0 aliphatic heterocycles. The molecule has 0 radical (unpaired) electrons. The van der Waals surface area contributed by atoms with E-state index >= 15 is 0 Å². The van der Waals surface area contributed by atoms with E-state index in [2.05, 4.69) is 5.32 Å². The van der Waals surface area contributed by atoms with E-state index in [1.165, 1.54) is 6.07 Å². The van der Waals surface area contributed by atoms with Crippen molar-refractivity contribution < 1.29 is 10.2 Å². The highest BCUT2D eigenvalue weighted by atomic mass is 35.5. The third-order valence-corrected chi connectivity index (χ3v) is 3.46. The molecule has 0 aliphatic carbocycles. The highest BCUT2D eigenvalue weighted by Crippen LogP contribution is 2.30. The quantitative estimate of drug-likeness (QED) is 0.792. The van der Waals surface area contributed by atoms with Gasteiger partial charge in [-0.1, -0.05) is 47.5 Å². The van der Waals surface area contributed by atoms with Crippen LogP contribution >= 0.6 is 23.2 Å². The molecule has 20 heavy (non-hydrogen) atoms. The Labute approximate surface area is 127 Å². The number of rotatable bonds is 5. The largest absolute Gasteiger partial charge is 0.506 e. The third-order valence-electron chi connectivity index (χ3n) is 2.96. The van der Waals surface area contributed by atoms with Crippen LogP contribution in [-0.4, -0.2) is 10.2 Å². The number of phenols is 1. The molecule has 0 aromatic heterocycles. The van der Waals surface area contributed by atoms with Gasteiger partial charge in [0.2, 0.25) is 0 Å². The van der Waals surface area contributed by atoms with Crippen molar-refractivity contribution in [2.45, 2.75) is 19.7 Å². The summed E-state index contributed by atoms with van der Waals surface area (Å²) < 4.78 is 0. The summed E-state index contributed by atoms with van der Waals surface area (Å²) in [6.07, 6.45) is 0. The first kappa shape index (κ1) is 15.1. The van der Waals surface area contributed by atoms with Gasteiger partial charge in [0, 0.05) is 23.7 Å². The van der Waals surface area contributed by atoms with Gasteiger partial charge >= 0.3 is 0 Å². The molecule has 3 N–H and O–H groups in total. The molecule has 0 spiro atoms. The molecular formula is C15H15Cl2NO2. The van der Waals surface area contributed by atoms with Crippen LogP contribution in [0.2, 0.25) is 10.0 Å². The molecule has 0 saturated carbocycles. The van der Waals surface area contributed by atoms with Crippen LogP contribution in [0.15, 0.2) is 36.4 Å². The lowest BCUT2D eigenvalue weighted by Crippen LogP contribution is -2.12. The summed E-state index contributed by atoms with van der Waals surface area (Å²) in [6.45, 7) is 1.16. The normalized spacial score (nSPS) is 10.8. The average Bonchev–Trinajstić information content (AvgIpc) is 2.44. The maximum atomic E-state index is 9.83. The summed E-state index contributed by atoms with van der Waals surface area (Å²) in [5, 5.41) is 22.8. The first-order valence-electron chi connectivity index (χ1n) is 6.16. The van der Waals surface area contributed by atoms with E-state index in [0.29, 0.717) is 23.7 Å². The Kier molecular flexibility index (Phi) is 5.26. The SMILES string of the molecule is OCc1ccc(CNCc2cc(Cl)cc(Cl)c2O)cc1. The average molecular weight is 312 g/mol. The Balaban J connectivity index is 1.95. The zero-order chi connectivity index (χ0) is 14.5. The number of aliphatic hydroxyl groups excluding tert-OH is 1. The van der Waals surface area contributed by atoms with Gasteiger partial charge in [0.25, 0.3) is 0 Å². The number of benzene rings is 2. The van der Waals surface area contributed by atoms with Crippen molar-refractivity contribution in [2.75, 3.05) is 0 Å². The van der Waals surface area contributed by atoms with Crippen molar-refractivity contribution in [3.8, 4) is 5.75 Å². The van der Waals surface area contributed by atoms with Gasteiger partial charge in [-0.25, -0.2) is 0 Å². The molecule has 0 saturated heterocycles. The lowest BCUT2D eigenvalue weighted by molar-refractivity contribution is 0.282. The highest BCUT2D eigenvalue weighted by molar-refractivity contribution is 6.35. The minimum absolute atomic E-state index is 0.0442. The molecule has 0 amide bonds. The molecule has 106 valence electrons. The van der Waals surface area contributed by atoms with Gasteiger partial charge in [0.15, 0.2) is 0 Å². The smallest absolute Gasteiger partial charge is 0.138 e. The third kappa shape index (κ3) is 3.87. The first-order chi connectivity index (χ1) is 9.60. The fraction of sp³-hybridized carbons (Fsp3) is 0.200. The van der Waals surface area contributed by atoms with Crippen LogP contribution in [-0.2, 0) is 19.7 Å². The molecule has 0 atom stereocenters. The van der Waals surface area contributed by atoms with E-state index in [0.717, 1.165) is 11.1 Å². The molecule has 2 rings (SSSR count). The van der Waals surface area contributed by atoms with Crippen LogP contribution in [0, 0.1) is 0 Å². The van der Waals surface area contributed by atoms with E-state index in [-0.39, 0.29) is 17.4 Å². The van der Waals surface area contributed by atoms with Crippen molar-refractivity contribution in [2.24, 2.45) is 0 Å². The molecule has 2 aromatic rings. The Morgan fingerprint density at radius 1 is 0.950 bits per heavy atom. The minimum Gasteiger partial charge on any atom is -0.506 e. The molecule has 0 heterocycles. The van der Waals surface area contributed by atoms with Crippen LogP contribution in [0.25, 0.3) is 0 Å². The molecule has 0 bridgehead atoms. The van der Waals surface area contributed by atoms with Crippen molar-refractivity contribution in [3.63, 3.8) is 0 Å². The number of phenolic OH excluding ortho intramolecular Hbond substituents is 1. The van der Waals surface area contributed by atoms with Gasteiger partial charge in [-0.3, -0.25) is 0 Å². The summed E-state index contributed by atoms with van der Waals surface area (Å²) in [4.78, 5) is 0. The summed E-state index contributed by atoms with van der Waals surface area (Å²) in [6, 6.07) is 10.8. The second-order valence-electron chi connectivity index (χ2n) is 4.47. The number of hydrogen-bond donors (Lipinski definition) is 3. The fourth-order valence-electron chi connectivity index (χ4n) is 1.86. The van der Waals surface area contributed by atoms with Gasteiger partial charge in [-0.2, -0.15) is 0 Å². The zero-order valence-corrected chi connectivity index (χ0v) is 12.2. The lowest BCUT2D eigenvalue weighted by Gasteiger charge is -2.09. The van der Waals surface area contributed by atoms with Gasteiger partial charge in [-0.05, 0) is 23.3 Å². The first-order valence-corrected chi connectivity index (χ1v) is 6.92. The van der Waals surface area contributed by atoms with E-state index in [1.807, 2.05) is 24.3 Å². The topological polar surface area (TPSA) is 52.5 Å². The number of halogens is 2. The van der Waals surface area contributed by atoms with Crippen LogP contribution in [0.1, 0.15) is 16.7 Å². The molecule has 0 aliphatic rings. The number of aromatic hydroxyl groups is 1. The lowest BCUT2D eigenvalue weighted by atomic mass is 10.1. The maximum Gasteiger partial charge on any atom is 0.138 e. The van der Waals surface area contributed by atoms with Gasteiger partial charge < -0.3 is 15.5 Å². The van der Waals surface area contributed by atoms with Crippen LogP contribution in [0.3, 0.4) is 0 Å². The Morgan fingerprint density at radius 2 is 1.60 bits per heavy atom. The summed E-state index contributed by atoms with van der Waals surface area (Å²) >= 11 is 11.8. The monoisotopic (exact) mass is 311 g/mol. The molecule has 3 nitrogen and oxygen atoms in total. The Hall–Kier alpha value is -1.26. The second-order valence-corrected chi connectivity index (χ2v) is 5.32. The van der Waals surface area contributed by atoms with Crippen LogP contribution in [0.5, 0.6) is 5.75 Å². The standard InChI is InChI=1S/C15H15Cl2NO2/c16-13-5-12(15(20)14(17)6-13)8-18-7-10-1-3-11(9-19)4-2-10/h1-6,18-20H,7-9H2. The summed E-state index contributed by atoms with van der Waals surface area (Å²) in [5.74, 6) is 0.0548. The van der Waals surface area contributed by atoms with Gasteiger partial charge in [0.05, 0.1) is 11.6 Å². The number of hydrogen-bond acceptors (Lipinski definition) is 3. The number of nitrogens with one attached hydrogen (secondary N) is 1. The van der Waals surface area contributed by atoms with E-state index in [9.17, 15) is 5.11 Å². The van der Waals surface area contributed by atoms with Crippen LogP contribution < -0.4 is 5.32 Å². The molecule has 5 heteroatoms. The van der Waals surface area contributed by atoms with E-state index in [1.54, 1.807) is 6.07 Å². The summed E-state index contributed by atoms with van der Waals surface area (Å²) in [7, 11) is 0. The highest BCUT2D eigenvalue weighted by Gasteiger charge is 2.07. The van der Waals surface area contributed by atoms with Crippen molar-refractivity contribution in [1.82, 2.24) is 5.32 Å². The fourth-order valence-corrected chi connectivity index (χ4v) is 2.39. The van der Waals surface area contributed by atoms with Crippen LogP contribution in [0.4, 0.5) is 0 Å². The Morgan fingerprint density at radius 3 is 2.25 bits per heavy atom. The van der Waals surface area contributed by atoms with Crippen molar-refractivity contribution in [1.29, 1.82) is 0 Å². The molecule has 0 fully saturated rings. The summed E-state index contributed by atoms with van der Waals surface area (Å²) in [5.41, 5.74) is 2.64. The van der Waals surface area contributed by atoms with Gasteiger partial charge in [-0.15, -0.1) is 0 Å². The molecule has 0 unspecified atom stereocenters.